The molecule has 1 N–H and O–H groups in total. The van der Waals surface area contributed by atoms with Crippen molar-refractivity contribution in [1.82, 2.24) is 4.98 Å². The number of rotatable bonds is 9. The van der Waals surface area contributed by atoms with E-state index >= 15 is 0 Å². The van der Waals surface area contributed by atoms with Crippen molar-refractivity contribution >= 4 is 39.7 Å². The molecule has 4 rings (SSSR count). The zero-order valence-electron chi connectivity index (χ0n) is 19.6. The number of thiazole rings is 1. The number of para-hydroxylation sites is 2. The molecule has 2 aromatic carbocycles. The average molecular weight is 494 g/mol. The fourth-order valence-corrected chi connectivity index (χ4v) is 4.89. The standard InChI is InChI=1S/C27H28FN3O3S/c1-19(32)31(25-14-8-6-12-23(25)28)27-30-21(18-35-27)17-34-26(33)22-11-5-7-13-24(22)29-16-15-20-9-3-2-4-10-20/h5-9,11-14,18,29H,2-4,10,15-17H2,1H3. The van der Waals surface area contributed by atoms with Crippen LogP contribution in [0.1, 0.15) is 55.1 Å². The lowest BCUT2D eigenvalue weighted by Crippen LogP contribution is -2.23. The molecule has 1 heterocycles. The van der Waals surface area contributed by atoms with Gasteiger partial charge in [0.05, 0.1) is 16.9 Å². The number of nitrogens with zero attached hydrogens (tertiary/aromatic N) is 2. The van der Waals surface area contributed by atoms with Crippen LogP contribution >= 0.6 is 11.3 Å². The summed E-state index contributed by atoms with van der Waals surface area (Å²) >= 11 is 1.18. The highest BCUT2D eigenvalue weighted by molar-refractivity contribution is 7.14. The maximum absolute atomic E-state index is 14.3. The van der Waals surface area contributed by atoms with Gasteiger partial charge in [0.15, 0.2) is 5.13 Å². The molecule has 0 bridgehead atoms. The number of allylic oxidation sites excluding steroid dienone is 1. The molecule has 0 atom stereocenters. The van der Waals surface area contributed by atoms with E-state index in [-0.39, 0.29) is 18.2 Å². The number of hydrogen-bond donors (Lipinski definition) is 1. The number of benzene rings is 2. The number of amides is 1. The second-order valence-electron chi connectivity index (χ2n) is 8.33. The number of carbonyl (C=O) groups excluding carboxylic acids is 2. The van der Waals surface area contributed by atoms with Gasteiger partial charge in [-0.15, -0.1) is 11.3 Å². The number of halogens is 1. The topological polar surface area (TPSA) is 71.5 Å². The smallest absolute Gasteiger partial charge is 0.340 e. The first-order valence-electron chi connectivity index (χ1n) is 11.7. The second kappa shape index (κ2) is 11.8. The van der Waals surface area contributed by atoms with Crippen LogP contribution in [0.25, 0.3) is 0 Å². The summed E-state index contributed by atoms with van der Waals surface area (Å²) in [5.41, 5.74) is 3.27. The van der Waals surface area contributed by atoms with Gasteiger partial charge in [0.2, 0.25) is 5.91 Å². The quantitative estimate of drug-likeness (QED) is 0.268. The molecule has 1 aliphatic carbocycles. The van der Waals surface area contributed by atoms with Crippen molar-refractivity contribution in [2.75, 3.05) is 16.8 Å². The second-order valence-corrected chi connectivity index (χ2v) is 9.17. The van der Waals surface area contributed by atoms with Gasteiger partial charge in [-0.1, -0.05) is 35.9 Å². The van der Waals surface area contributed by atoms with Crippen molar-refractivity contribution in [3.8, 4) is 0 Å². The predicted octanol–water partition coefficient (Wildman–Crippen LogP) is 6.63. The molecule has 0 saturated heterocycles. The molecule has 0 radical (unpaired) electrons. The Morgan fingerprint density at radius 3 is 2.71 bits per heavy atom. The van der Waals surface area contributed by atoms with Gasteiger partial charge < -0.3 is 10.1 Å². The van der Waals surface area contributed by atoms with Gasteiger partial charge in [-0.05, 0) is 56.4 Å². The van der Waals surface area contributed by atoms with E-state index in [0.717, 1.165) is 31.5 Å². The Balaban J connectivity index is 1.38. The molecule has 0 aliphatic heterocycles. The van der Waals surface area contributed by atoms with Crippen LogP contribution in [-0.4, -0.2) is 23.4 Å². The largest absolute Gasteiger partial charge is 0.455 e. The van der Waals surface area contributed by atoms with E-state index in [9.17, 15) is 14.0 Å². The monoisotopic (exact) mass is 493 g/mol. The predicted molar refractivity (Wildman–Crippen MR) is 137 cm³/mol. The van der Waals surface area contributed by atoms with Gasteiger partial charge >= 0.3 is 5.97 Å². The van der Waals surface area contributed by atoms with Gasteiger partial charge in [0, 0.05) is 24.5 Å². The lowest BCUT2D eigenvalue weighted by atomic mass is 9.97. The van der Waals surface area contributed by atoms with Gasteiger partial charge in [-0.2, -0.15) is 0 Å². The Bertz CT molecular complexity index is 1220. The minimum Gasteiger partial charge on any atom is -0.455 e. The van der Waals surface area contributed by atoms with Crippen LogP contribution < -0.4 is 10.2 Å². The number of aromatic nitrogens is 1. The first kappa shape index (κ1) is 24.6. The molecule has 0 fully saturated rings. The van der Waals surface area contributed by atoms with Crippen molar-refractivity contribution in [3.05, 3.63) is 82.6 Å². The Hall–Kier alpha value is -3.52. The zero-order valence-corrected chi connectivity index (χ0v) is 20.4. The van der Waals surface area contributed by atoms with Crippen molar-refractivity contribution < 1.29 is 18.7 Å². The fraction of sp³-hybridized carbons (Fsp3) is 0.296. The van der Waals surface area contributed by atoms with E-state index in [1.54, 1.807) is 29.6 Å². The lowest BCUT2D eigenvalue weighted by Gasteiger charge is -2.18. The van der Waals surface area contributed by atoms with Crippen molar-refractivity contribution in [2.24, 2.45) is 0 Å². The van der Waals surface area contributed by atoms with Crippen LogP contribution in [0.5, 0.6) is 0 Å². The Morgan fingerprint density at radius 2 is 1.94 bits per heavy atom. The number of carbonyl (C=O) groups is 2. The third-order valence-corrected chi connectivity index (χ3v) is 6.66. The maximum atomic E-state index is 14.3. The summed E-state index contributed by atoms with van der Waals surface area (Å²) in [4.78, 5) is 30.6. The van der Waals surface area contributed by atoms with Gasteiger partial charge in [-0.3, -0.25) is 9.69 Å². The molecule has 0 unspecified atom stereocenters. The minimum absolute atomic E-state index is 0.0560. The number of hydrogen-bond acceptors (Lipinski definition) is 6. The van der Waals surface area contributed by atoms with Crippen LogP contribution in [-0.2, 0) is 16.1 Å². The van der Waals surface area contributed by atoms with E-state index in [1.807, 2.05) is 12.1 Å². The summed E-state index contributed by atoms with van der Waals surface area (Å²) in [6, 6.07) is 13.3. The molecular formula is C27H28FN3O3S. The van der Waals surface area contributed by atoms with Crippen molar-refractivity contribution in [3.63, 3.8) is 0 Å². The Morgan fingerprint density at radius 1 is 1.14 bits per heavy atom. The van der Waals surface area contributed by atoms with Crippen LogP contribution in [0.15, 0.2) is 65.6 Å². The van der Waals surface area contributed by atoms with E-state index < -0.39 is 11.8 Å². The minimum atomic E-state index is -0.519. The molecule has 1 aromatic heterocycles. The summed E-state index contributed by atoms with van der Waals surface area (Å²) in [5, 5.41) is 5.37. The van der Waals surface area contributed by atoms with E-state index in [1.165, 1.54) is 53.7 Å². The molecule has 1 amide bonds. The van der Waals surface area contributed by atoms with E-state index in [2.05, 4.69) is 16.4 Å². The number of esters is 1. The third kappa shape index (κ3) is 6.33. The normalized spacial score (nSPS) is 13.1. The first-order chi connectivity index (χ1) is 17.0. The maximum Gasteiger partial charge on any atom is 0.340 e. The SMILES string of the molecule is CC(=O)N(c1nc(COC(=O)c2ccccc2NCCC2=CCCCC2)cs1)c1ccccc1F. The lowest BCUT2D eigenvalue weighted by molar-refractivity contribution is -0.115. The van der Waals surface area contributed by atoms with Gasteiger partial charge in [0.25, 0.3) is 0 Å². The molecule has 8 heteroatoms. The zero-order chi connectivity index (χ0) is 24.6. The molecule has 6 nitrogen and oxygen atoms in total. The first-order valence-corrected chi connectivity index (χ1v) is 12.6. The van der Waals surface area contributed by atoms with Crippen LogP contribution in [0.4, 0.5) is 20.9 Å². The van der Waals surface area contributed by atoms with Gasteiger partial charge in [0.1, 0.15) is 12.4 Å². The molecular weight excluding hydrogens is 465 g/mol. The molecule has 1 aliphatic rings. The summed E-state index contributed by atoms with van der Waals surface area (Å²) < 4.78 is 19.8. The molecule has 0 spiro atoms. The van der Waals surface area contributed by atoms with Crippen LogP contribution in [0, 0.1) is 5.82 Å². The summed E-state index contributed by atoms with van der Waals surface area (Å²) in [5.74, 6) is -1.34. The van der Waals surface area contributed by atoms with E-state index in [0.29, 0.717) is 16.4 Å². The molecule has 35 heavy (non-hydrogen) atoms. The highest BCUT2D eigenvalue weighted by Crippen LogP contribution is 2.31. The fourth-order valence-electron chi connectivity index (χ4n) is 4.03. The average Bonchev–Trinajstić information content (AvgIpc) is 3.33. The summed E-state index contributed by atoms with van der Waals surface area (Å²) in [6.07, 6.45) is 8.10. The van der Waals surface area contributed by atoms with Gasteiger partial charge in [-0.25, -0.2) is 14.2 Å². The van der Waals surface area contributed by atoms with Crippen molar-refractivity contribution in [1.29, 1.82) is 0 Å². The van der Waals surface area contributed by atoms with E-state index in [4.69, 9.17) is 4.74 Å². The Labute approximate surface area is 208 Å². The summed E-state index contributed by atoms with van der Waals surface area (Å²) in [7, 11) is 0. The van der Waals surface area contributed by atoms with Crippen LogP contribution in [0.3, 0.4) is 0 Å². The molecule has 0 saturated carbocycles. The number of nitrogens with one attached hydrogen (secondary N) is 1. The summed E-state index contributed by atoms with van der Waals surface area (Å²) in [6.45, 7) is 2.05. The van der Waals surface area contributed by atoms with Crippen molar-refractivity contribution in [2.45, 2.75) is 45.6 Å². The Kier molecular flexibility index (Phi) is 8.26. The molecule has 182 valence electrons. The number of anilines is 3. The highest BCUT2D eigenvalue weighted by Gasteiger charge is 2.21. The number of ether oxygens (including phenoxy) is 1. The molecule has 3 aromatic rings. The third-order valence-electron chi connectivity index (χ3n) is 5.78. The highest BCUT2D eigenvalue weighted by atomic mass is 32.1. The van der Waals surface area contributed by atoms with Crippen LogP contribution in [0.2, 0.25) is 0 Å².